The first-order valence-corrected chi connectivity index (χ1v) is 6.76. The number of methoxy groups -OCH3 is 1. The van der Waals surface area contributed by atoms with Gasteiger partial charge < -0.3 is 14.2 Å². The molecule has 0 aliphatic carbocycles. The van der Waals surface area contributed by atoms with Crippen molar-refractivity contribution in [1.29, 1.82) is 0 Å². The van der Waals surface area contributed by atoms with Gasteiger partial charge >= 0.3 is 0 Å². The minimum atomic E-state index is 0.241. The van der Waals surface area contributed by atoms with Crippen molar-refractivity contribution in [1.82, 2.24) is 0 Å². The molecule has 96 valence electrons. The van der Waals surface area contributed by atoms with E-state index >= 15 is 0 Å². The number of hydrogen-bond acceptors (Lipinski definition) is 3. The van der Waals surface area contributed by atoms with E-state index in [1.54, 1.807) is 7.11 Å². The molecule has 0 aliphatic rings. The van der Waals surface area contributed by atoms with Crippen LogP contribution in [0.1, 0.15) is 19.4 Å². The molecule has 1 rings (SSSR count). The fourth-order valence-corrected chi connectivity index (χ4v) is 1.80. The predicted molar refractivity (Wildman–Crippen MR) is 72.2 cm³/mol. The van der Waals surface area contributed by atoms with E-state index in [-0.39, 0.29) is 6.10 Å². The Bertz CT molecular complexity index is 339. The van der Waals surface area contributed by atoms with Crippen LogP contribution in [0.2, 0.25) is 0 Å². The zero-order valence-electron chi connectivity index (χ0n) is 10.5. The van der Waals surface area contributed by atoms with Crippen LogP contribution >= 0.6 is 15.9 Å². The summed E-state index contributed by atoms with van der Waals surface area (Å²) in [6.45, 7) is 5.19. The lowest BCUT2D eigenvalue weighted by molar-refractivity contribution is 0.0551. The third-order valence-corrected chi connectivity index (χ3v) is 2.81. The molecule has 1 aromatic carbocycles. The average Bonchev–Trinajstić information content (AvgIpc) is 2.34. The first-order chi connectivity index (χ1) is 8.17. The minimum Gasteiger partial charge on any atom is -0.497 e. The lowest BCUT2D eigenvalue weighted by atomic mass is 10.2. The molecule has 0 atom stereocenters. The Balaban J connectivity index is 2.52. The van der Waals surface area contributed by atoms with E-state index in [1.807, 2.05) is 32.0 Å². The van der Waals surface area contributed by atoms with E-state index in [0.717, 1.165) is 22.4 Å². The highest BCUT2D eigenvalue weighted by atomic mass is 79.9. The van der Waals surface area contributed by atoms with Crippen molar-refractivity contribution < 1.29 is 14.2 Å². The molecule has 0 unspecified atom stereocenters. The number of benzene rings is 1. The molecule has 0 saturated heterocycles. The van der Waals surface area contributed by atoms with Crippen LogP contribution in [0.25, 0.3) is 0 Å². The quantitative estimate of drug-likeness (QED) is 0.571. The van der Waals surface area contributed by atoms with Crippen LogP contribution in [-0.4, -0.2) is 26.4 Å². The second-order valence-electron chi connectivity index (χ2n) is 3.88. The summed E-state index contributed by atoms with van der Waals surface area (Å²) < 4.78 is 16.3. The Morgan fingerprint density at radius 1 is 1.24 bits per heavy atom. The Kier molecular flexibility index (Phi) is 6.37. The first-order valence-electron chi connectivity index (χ1n) is 5.64. The van der Waals surface area contributed by atoms with Gasteiger partial charge in [-0.3, -0.25) is 0 Å². The largest absolute Gasteiger partial charge is 0.497 e. The third kappa shape index (κ3) is 4.96. The van der Waals surface area contributed by atoms with Crippen LogP contribution in [0.4, 0.5) is 0 Å². The molecule has 4 heteroatoms. The molecule has 0 saturated carbocycles. The van der Waals surface area contributed by atoms with E-state index < -0.39 is 0 Å². The summed E-state index contributed by atoms with van der Waals surface area (Å²) in [5.41, 5.74) is 1.08. The topological polar surface area (TPSA) is 27.7 Å². The maximum absolute atomic E-state index is 5.67. The molecule has 3 nitrogen and oxygen atoms in total. The van der Waals surface area contributed by atoms with Crippen LogP contribution in [0.3, 0.4) is 0 Å². The van der Waals surface area contributed by atoms with Gasteiger partial charge in [0.1, 0.15) is 18.1 Å². The monoisotopic (exact) mass is 302 g/mol. The van der Waals surface area contributed by atoms with Crippen molar-refractivity contribution >= 4 is 15.9 Å². The standard InChI is InChI=1S/C13H19BrO3/c1-10(2)16-6-7-17-13-5-4-12(15-3)8-11(13)9-14/h4-5,8,10H,6-7,9H2,1-3H3. The molecule has 0 aliphatic heterocycles. The second-order valence-corrected chi connectivity index (χ2v) is 4.44. The van der Waals surface area contributed by atoms with Gasteiger partial charge in [-0.25, -0.2) is 0 Å². The molecule has 0 amide bonds. The Labute approximate surface area is 111 Å². The van der Waals surface area contributed by atoms with Gasteiger partial charge in [0.15, 0.2) is 0 Å². The van der Waals surface area contributed by atoms with Gasteiger partial charge in [-0.1, -0.05) is 15.9 Å². The maximum Gasteiger partial charge on any atom is 0.123 e. The van der Waals surface area contributed by atoms with Crippen molar-refractivity contribution in [3.05, 3.63) is 23.8 Å². The molecule has 0 spiro atoms. The molecular formula is C13H19BrO3. The molecule has 17 heavy (non-hydrogen) atoms. The lowest BCUT2D eigenvalue weighted by Crippen LogP contribution is -2.11. The molecule has 0 fully saturated rings. The van der Waals surface area contributed by atoms with Crippen LogP contribution in [0.5, 0.6) is 11.5 Å². The summed E-state index contributed by atoms with van der Waals surface area (Å²) in [6, 6.07) is 5.78. The Morgan fingerprint density at radius 3 is 2.59 bits per heavy atom. The first kappa shape index (κ1) is 14.3. The number of alkyl halides is 1. The zero-order chi connectivity index (χ0) is 12.7. The second kappa shape index (κ2) is 7.56. The summed E-state index contributed by atoms with van der Waals surface area (Å²) in [5, 5.41) is 0.741. The van der Waals surface area contributed by atoms with Gasteiger partial charge in [0.25, 0.3) is 0 Å². The minimum absolute atomic E-state index is 0.241. The Morgan fingerprint density at radius 2 is 2.00 bits per heavy atom. The van der Waals surface area contributed by atoms with Crippen molar-refractivity contribution in [3.8, 4) is 11.5 Å². The maximum atomic E-state index is 5.67. The van der Waals surface area contributed by atoms with Crippen molar-refractivity contribution in [2.75, 3.05) is 20.3 Å². The molecular weight excluding hydrogens is 284 g/mol. The summed E-state index contributed by atoms with van der Waals surface area (Å²) in [6.07, 6.45) is 0.241. The third-order valence-electron chi connectivity index (χ3n) is 2.20. The van der Waals surface area contributed by atoms with E-state index in [1.165, 1.54) is 0 Å². The van der Waals surface area contributed by atoms with Crippen molar-refractivity contribution in [2.45, 2.75) is 25.3 Å². The number of rotatable bonds is 7. The summed E-state index contributed by atoms with van der Waals surface area (Å²) >= 11 is 3.44. The molecule has 0 bridgehead atoms. The zero-order valence-corrected chi connectivity index (χ0v) is 12.1. The lowest BCUT2D eigenvalue weighted by Gasteiger charge is -2.12. The van der Waals surface area contributed by atoms with Gasteiger partial charge in [0.05, 0.1) is 19.8 Å². The van der Waals surface area contributed by atoms with Gasteiger partial charge in [-0.15, -0.1) is 0 Å². The van der Waals surface area contributed by atoms with Gasteiger partial charge in [0, 0.05) is 10.9 Å². The van der Waals surface area contributed by atoms with Crippen LogP contribution < -0.4 is 9.47 Å². The average molecular weight is 303 g/mol. The number of ether oxygens (including phenoxy) is 3. The molecule has 0 N–H and O–H groups in total. The van der Waals surface area contributed by atoms with E-state index in [0.29, 0.717) is 13.2 Å². The fourth-order valence-electron chi connectivity index (χ4n) is 1.36. The highest BCUT2D eigenvalue weighted by molar-refractivity contribution is 9.08. The molecule has 0 radical (unpaired) electrons. The Hall–Kier alpha value is -0.740. The van der Waals surface area contributed by atoms with Gasteiger partial charge in [-0.05, 0) is 32.0 Å². The summed E-state index contributed by atoms with van der Waals surface area (Å²) in [7, 11) is 1.66. The highest BCUT2D eigenvalue weighted by Crippen LogP contribution is 2.26. The predicted octanol–water partition coefficient (Wildman–Crippen LogP) is 3.39. The molecule has 0 heterocycles. The van der Waals surface area contributed by atoms with Crippen LogP contribution in [0.15, 0.2) is 18.2 Å². The summed E-state index contributed by atoms with van der Waals surface area (Å²) in [5.74, 6) is 1.71. The molecule has 0 aromatic heterocycles. The number of hydrogen-bond donors (Lipinski definition) is 0. The van der Waals surface area contributed by atoms with Crippen molar-refractivity contribution in [2.24, 2.45) is 0 Å². The van der Waals surface area contributed by atoms with Crippen LogP contribution in [0, 0.1) is 0 Å². The normalized spacial score (nSPS) is 10.6. The highest BCUT2D eigenvalue weighted by Gasteiger charge is 2.04. The summed E-state index contributed by atoms with van der Waals surface area (Å²) in [4.78, 5) is 0. The van der Waals surface area contributed by atoms with Gasteiger partial charge in [0.2, 0.25) is 0 Å². The fraction of sp³-hybridized carbons (Fsp3) is 0.538. The van der Waals surface area contributed by atoms with E-state index in [4.69, 9.17) is 14.2 Å². The van der Waals surface area contributed by atoms with Crippen molar-refractivity contribution in [3.63, 3.8) is 0 Å². The van der Waals surface area contributed by atoms with E-state index in [2.05, 4.69) is 15.9 Å². The number of halogens is 1. The van der Waals surface area contributed by atoms with E-state index in [9.17, 15) is 0 Å². The molecule has 1 aromatic rings. The van der Waals surface area contributed by atoms with Crippen LogP contribution in [-0.2, 0) is 10.1 Å². The SMILES string of the molecule is COc1ccc(OCCOC(C)C)c(CBr)c1. The smallest absolute Gasteiger partial charge is 0.123 e. The van der Waals surface area contributed by atoms with Gasteiger partial charge in [-0.2, -0.15) is 0 Å².